The Morgan fingerprint density at radius 1 is 1.23 bits per heavy atom. The van der Waals surface area contributed by atoms with Crippen molar-refractivity contribution in [1.82, 2.24) is 4.90 Å². The number of aliphatic hydroxyl groups is 1. The van der Waals surface area contributed by atoms with Crippen LogP contribution in [0.25, 0.3) is 0 Å². The lowest BCUT2D eigenvalue weighted by molar-refractivity contribution is 0.147. The molecular weight excluding hydrogens is 162 g/mol. The molecule has 1 N–H and O–H groups in total. The van der Waals surface area contributed by atoms with Gasteiger partial charge in [0.25, 0.3) is 0 Å². The van der Waals surface area contributed by atoms with E-state index in [1.807, 2.05) is 6.92 Å². The van der Waals surface area contributed by atoms with Crippen LogP contribution in [0.15, 0.2) is 0 Å². The monoisotopic (exact) mass is 187 g/mol. The number of hydrogen-bond donors (Lipinski definition) is 1. The fourth-order valence-corrected chi connectivity index (χ4v) is 1.31. The standard InChI is InChI=1S/C11H25NO/c1-5-10(3)12(4)9-7-8-11(13)6-2/h10-11,13H,5-9H2,1-4H3. The Kier molecular flexibility index (Phi) is 7.29. The topological polar surface area (TPSA) is 23.5 Å². The fourth-order valence-electron chi connectivity index (χ4n) is 1.31. The summed E-state index contributed by atoms with van der Waals surface area (Å²) in [4.78, 5) is 2.36. The summed E-state index contributed by atoms with van der Waals surface area (Å²) in [6.45, 7) is 7.59. The van der Waals surface area contributed by atoms with Crippen molar-refractivity contribution in [3.63, 3.8) is 0 Å². The maximum absolute atomic E-state index is 9.35. The van der Waals surface area contributed by atoms with Crippen LogP contribution in [0.5, 0.6) is 0 Å². The van der Waals surface area contributed by atoms with Gasteiger partial charge in [-0.1, -0.05) is 13.8 Å². The highest BCUT2D eigenvalue weighted by atomic mass is 16.3. The number of aliphatic hydroxyl groups excluding tert-OH is 1. The Morgan fingerprint density at radius 2 is 1.85 bits per heavy atom. The molecule has 0 radical (unpaired) electrons. The van der Waals surface area contributed by atoms with Gasteiger partial charge in [-0.3, -0.25) is 0 Å². The lowest BCUT2D eigenvalue weighted by atomic mass is 10.1. The maximum atomic E-state index is 9.35. The first-order valence-electron chi connectivity index (χ1n) is 5.50. The van der Waals surface area contributed by atoms with E-state index in [1.165, 1.54) is 6.42 Å². The zero-order valence-electron chi connectivity index (χ0n) is 9.58. The molecule has 2 unspecified atom stereocenters. The second kappa shape index (κ2) is 7.34. The van der Waals surface area contributed by atoms with E-state index in [-0.39, 0.29) is 6.10 Å². The summed E-state index contributed by atoms with van der Waals surface area (Å²) in [6, 6.07) is 0.666. The largest absolute Gasteiger partial charge is 0.393 e. The Morgan fingerprint density at radius 3 is 2.31 bits per heavy atom. The quantitative estimate of drug-likeness (QED) is 0.661. The van der Waals surface area contributed by atoms with Crippen molar-refractivity contribution in [2.75, 3.05) is 13.6 Å². The van der Waals surface area contributed by atoms with Crippen molar-refractivity contribution in [2.24, 2.45) is 0 Å². The van der Waals surface area contributed by atoms with Crippen molar-refractivity contribution in [2.45, 2.75) is 58.6 Å². The molecule has 0 fully saturated rings. The van der Waals surface area contributed by atoms with E-state index in [1.54, 1.807) is 0 Å². The third-order valence-electron chi connectivity index (χ3n) is 2.86. The van der Waals surface area contributed by atoms with Crippen molar-refractivity contribution in [3.05, 3.63) is 0 Å². The third-order valence-corrected chi connectivity index (χ3v) is 2.86. The van der Waals surface area contributed by atoms with Crippen LogP contribution in [-0.2, 0) is 0 Å². The van der Waals surface area contributed by atoms with Gasteiger partial charge in [-0.2, -0.15) is 0 Å². The Balaban J connectivity index is 3.41. The summed E-state index contributed by atoms with van der Waals surface area (Å²) >= 11 is 0. The lowest BCUT2D eigenvalue weighted by Crippen LogP contribution is -2.29. The van der Waals surface area contributed by atoms with Gasteiger partial charge >= 0.3 is 0 Å². The summed E-state index contributed by atoms with van der Waals surface area (Å²) in [5, 5.41) is 9.35. The van der Waals surface area contributed by atoms with Gasteiger partial charge in [0.05, 0.1) is 6.10 Å². The van der Waals surface area contributed by atoms with Gasteiger partial charge in [0, 0.05) is 6.04 Å². The maximum Gasteiger partial charge on any atom is 0.0538 e. The van der Waals surface area contributed by atoms with Gasteiger partial charge in [-0.25, -0.2) is 0 Å². The van der Waals surface area contributed by atoms with Gasteiger partial charge in [0.1, 0.15) is 0 Å². The van der Waals surface area contributed by atoms with E-state index in [4.69, 9.17) is 0 Å². The third kappa shape index (κ3) is 6.05. The Bertz CT molecular complexity index is 117. The zero-order valence-corrected chi connectivity index (χ0v) is 9.58. The molecule has 0 heterocycles. The van der Waals surface area contributed by atoms with Crippen LogP contribution < -0.4 is 0 Å². The minimum atomic E-state index is -0.0923. The molecule has 0 aromatic carbocycles. The molecule has 0 amide bonds. The molecule has 0 aliphatic rings. The van der Waals surface area contributed by atoms with Crippen LogP contribution in [0.3, 0.4) is 0 Å². The van der Waals surface area contributed by atoms with Crippen LogP contribution in [0.2, 0.25) is 0 Å². The molecule has 0 aromatic heterocycles. The van der Waals surface area contributed by atoms with Crippen LogP contribution in [-0.4, -0.2) is 35.7 Å². The second-order valence-corrected chi connectivity index (χ2v) is 3.94. The molecule has 0 aromatic rings. The number of rotatable bonds is 7. The van der Waals surface area contributed by atoms with E-state index in [0.717, 1.165) is 25.8 Å². The van der Waals surface area contributed by atoms with E-state index >= 15 is 0 Å². The molecule has 0 saturated carbocycles. The minimum Gasteiger partial charge on any atom is -0.393 e. The molecule has 2 nitrogen and oxygen atoms in total. The molecular formula is C11H25NO. The lowest BCUT2D eigenvalue weighted by Gasteiger charge is -2.23. The van der Waals surface area contributed by atoms with Gasteiger partial charge in [-0.05, 0) is 46.2 Å². The minimum absolute atomic E-state index is 0.0923. The van der Waals surface area contributed by atoms with Gasteiger partial charge < -0.3 is 10.0 Å². The number of hydrogen-bond acceptors (Lipinski definition) is 2. The summed E-state index contributed by atoms with van der Waals surface area (Å²) in [7, 11) is 2.16. The van der Waals surface area contributed by atoms with Gasteiger partial charge in [-0.15, -0.1) is 0 Å². The average molecular weight is 187 g/mol. The number of nitrogens with zero attached hydrogens (tertiary/aromatic N) is 1. The van der Waals surface area contributed by atoms with E-state index in [0.29, 0.717) is 6.04 Å². The summed E-state index contributed by atoms with van der Waals surface area (Å²) in [6.07, 6.45) is 4.04. The molecule has 2 atom stereocenters. The second-order valence-electron chi connectivity index (χ2n) is 3.94. The fraction of sp³-hybridized carbons (Fsp3) is 1.00. The Hall–Kier alpha value is -0.0800. The molecule has 80 valence electrons. The van der Waals surface area contributed by atoms with Crippen molar-refractivity contribution in [3.8, 4) is 0 Å². The van der Waals surface area contributed by atoms with Crippen molar-refractivity contribution >= 4 is 0 Å². The van der Waals surface area contributed by atoms with Gasteiger partial charge in [0.2, 0.25) is 0 Å². The highest BCUT2D eigenvalue weighted by Gasteiger charge is 2.07. The van der Waals surface area contributed by atoms with Crippen LogP contribution >= 0.6 is 0 Å². The first-order valence-corrected chi connectivity index (χ1v) is 5.50. The molecule has 0 bridgehead atoms. The van der Waals surface area contributed by atoms with E-state index in [9.17, 15) is 5.11 Å². The normalized spacial score (nSPS) is 16.2. The van der Waals surface area contributed by atoms with Crippen LogP contribution in [0, 0.1) is 0 Å². The molecule has 0 saturated heterocycles. The molecule has 2 heteroatoms. The predicted octanol–water partition coefficient (Wildman–Crippen LogP) is 2.27. The SMILES string of the molecule is CCC(O)CCCN(C)C(C)CC. The van der Waals surface area contributed by atoms with Crippen LogP contribution in [0.1, 0.15) is 46.5 Å². The van der Waals surface area contributed by atoms with Gasteiger partial charge in [0.15, 0.2) is 0 Å². The Labute approximate surface area is 82.9 Å². The molecule has 0 aliphatic heterocycles. The van der Waals surface area contributed by atoms with E-state index < -0.39 is 0 Å². The molecule has 0 aliphatic carbocycles. The first kappa shape index (κ1) is 12.9. The first-order chi connectivity index (χ1) is 6.11. The highest BCUT2D eigenvalue weighted by Crippen LogP contribution is 2.05. The summed E-state index contributed by atoms with van der Waals surface area (Å²) in [5.74, 6) is 0. The van der Waals surface area contributed by atoms with Crippen molar-refractivity contribution in [1.29, 1.82) is 0 Å². The smallest absolute Gasteiger partial charge is 0.0538 e. The predicted molar refractivity (Wildman–Crippen MR) is 57.9 cm³/mol. The highest BCUT2D eigenvalue weighted by molar-refractivity contribution is 4.62. The van der Waals surface area contributed by atoms with Crippen molar-refractivity contribution < 1.29 is 5.11 Å². The average Bonchev–Trinajstić information content (AvgIpc) is 2.15. The molecule has 0 rings (SSSR count). The summed E-state index contributed by atoms with van der Waals surface area (Å²) < 4.78 is 0. The summed E-state index contributed by atoms with van der Waals surface area (Å²) in [5.41, 5.74) is 0. The van der Waals surface area contributed by atoms with E-state index in [2.05, 4.69) is 25.8 Å². The molecule has 0 spiro atoms. The zero-order chi connectivity index (χ0) is 10.3. The van der Waals surface area contributed by atoms with Crippen LogP contribution in [0.4, 0.5) is 0 Å². The molecule has 13 heavy (non-hydrogen) atoms.